The molecule has 0 radical (unpaired) electrons. The molecule has 1 amide bonds. The van der Waals surface area contributed by atoms with Gasteiger partial charge >= 0.3 is 0 Å². The Labute approximate surface area is 215 Å². The topological polar surface area (TPSA) is 49.9 Å². The number of rotatable bonds is 6. The highest BCUT2D eigenvalue weighted by atomic mass is 16.5. The van der Waals surface area contributed by atoms with Gasteiger partial charge in [0.2, 0.25) is 5.91 Å². The van der Waals surface area contributed by atoms with Crippen molar-refractivity contribution < 1.29 is 14.3 Å². The standard InChI is InChI=1S/C19H28N2O2.C6H12.C3H8.C2H4O/c22-19-7-2-5-15-21(19)17-8-10-18(11-9-17)23-16-6-14-20-12-3-1-4-13-20;1-6-4-2-3-5-6;1-3-2;1-2-3/h8-11H,1-7,12-16H2;6H,2-5H2,1H3;3H2,1-2H3;2H,1H3. The molecule has 200 valence electrons. The fraction of sp³-hybridized carbons (Fsp3) is 0.733. The number of hydrogen-bond donors (Lipinski definition) is 0. The number of benzene rings is 1. The summed E-state index contributed by atoms with van der Waals surface area (Å²) in [5.74, 6) is 2.19. The van der Waals surface area contributed by atoms with Crippen molar-refractivity contribution in [2.45, 2.75) is 105 Å². The van der Waals surface area contributed by atoms with E-state index in [9.17, 15) is 4.79 Å². The predicted molar refractivity (Wildman–Crippen MR) is 148 cm³/mol. The molecular formula is C30H52N2O3. The highest BCUT2D eigenvalue weighted by Crippen LogP contribution is 2.24. The van der Waals surface area contributed by atoms with Gasteiger partial charge in [-0.3, -0.25) is 4.79 Å². The van der Waals surface area contributed by atoms with Crippen LogP contribution in [0.25, 0.3) is 0 Å². The third-order valence-corrected chi connectivity index (χ3v) is 6.45. The van der Waals surface area contributed by atoms with Crippen molar-refractivity contribution in [1.29, 1.82) is 0 Å². The largest absolute Gasteiger partial charge is 0.494 e. The van der Waals surface area contributed by atoms with Crippen LogP contribution in [-0.2, 0) is 9.59 Å². The van der Waals surface area contributed by atoms with Crippen LogP contribution in [0.2, 0.25) is 0 Å². The van der Waals surface area contributed by atoms with E-state index in [1.54, 1.807) is 0 Å². The first-order valence-electron chi connectivity index (χ1n) is 14.2. The summed E-state index contributed by atoms with van der Waals surface area (Å²) in [6.07, 6.45) is 15.9. The lowest BCUT2D eigenvalue weighted by molar-refractivity contribution is -0.119. The van der Waals surface area contributed by atoms with Gasteiger partial charge in [0.05, 0.1) is 6.61 Å². The molecule has 2 saturated heterocycles. The van der Waals surface area contributed by atoms with E-state index >= 15 is 0 Å². The Morgan fingerprint density at radius 1 is 0.914 bits per heavy atom. The van der Waals surface area contributed by atoms with E-state index in [0.717, 1.165) is 62.6 Å². The molecule has 2 heterocycles. The molecule has 0 aromatic heterocycles. The Bertz CT molecular complexity index is 650. The Morgan fingerprint density at radius 3 is 2.00 bits per heavy atom. The molecule has 3 aliphatic rings. The van der Waals surface area contributed by atoms with E-state index in [1.807, 2.05) is 29.2 Å². The monoisotopic (exact) mass is 488 g/mol. The summed E-state index contributed by atoms with van der Waals surface area (Å²) < 4.78 is 5.84. The van der Waals surface area contributed by atoms with Gasteiger partial charge in [0.15, 0.2) is 0 Å². The Morgan fingerprint density at radius 2 is 1.49 bits per heavy atom. The zero-order chi connectivity index (χ0) is 25.7. The van der Waals surface area contributed by atoms with Crippen molar-refractivity contribution in [3.8, 4) is 5.75 Å². The third kappa shape index (κ3) is 14.3. The molecule has 1 aromatic carbocycles. The molecule has 5 heteroatoms. The summed E-state index contributed by atoms with van der Waals surface area (Å²) in [7, 11) is 0. The van der Waals surface area contributed by atoms with Gasteiger partial charge in [0.1, 0.15) is 12.0 Å². The molecule has 4 rings (SSSR count). The first kappa shape index (κ1) is 31.2. The average Bonchev–Trinajstić information content (AvgIpc) is 3.36. The second-order valence-electron chi connectivity index (χ2n) is 9.93. The van der Waals surface area contributed by atoms with Gasteiger partial charge < -0.3 is 19.3 Å². The molecule has 1 aliphatic carbocycles. The number of carbonyl (C=O) groups excluding carboxylic acids is 2. The Balaban J connectivity index is 0.000000423. The van der Waals surface area contributed by atoms with Gasteiger partial charge in [-0.05, 0) is 82.3 Å². The molecule has 5 nitrogen and oxygen atoms in total. The molecule has 3 fully saturated rings. The second kappa shape index (κ2) is 20.3. The lowest BCUT2D eigenvalue weighted by atomic mass is 10.1. The summed E-state index contributed by atoms with van der Waals surface area (Å²) >= 11 is 0. The molecule has 0 spiro atoms. The maximum absolute atomic E-state index is 11.9. The zero-order valence-electron chi connectivity index (χ0n) is 23.1. The zero-order valence-corrected chi connectivity index (χ0v) is 23.1. The highest BCUT2D eigenvalue weighted by Gasteiger charge is 2.19. The van der Waals surface area contributed by atoms with Crippen molar-refractivity contribution in [3.63, 3.8) is 0 Å². The Kier molecular flexibility index (Phi) is 18.1. The van der Waals surface area contributed by atoms with E-state index in [0.29, 0.717) is 6.42 Å². The van der Waals surface area contributed by atoms with Crippen molar-refractivity contribution >= 4 is 17.9 Å². The van der Waals surface area contributed by atoms with Crippen LogP contribution < -0.4 is 9.64 Å². The van der Waals surface area contributed by atoms with Gasteiger partial charge in [-0.25, -0.2) is 0 Å². The molecule has 2 aliphatic heterocycles. The number of ether oxygens (including phenoxy) is 1. The minimum absolute atomic E-state index is 0.242. The number of aldehydes is 1. The van der Waals surface area contributed by atoms with Crippen LogP contribution in [-0.4, -0.2) is 49.9 Å². The van der Waals surface area contributed by atoms with Crippen molar-refractivity contribution in [2.24, 2.45) is 5.92 Å². The minimum atomic E-state index is 0.242. The number of hydrogen-bond acceptors (Lipinski definition) is 4. The molecule has 0 unspecified atom stereocenters. The minimum Gasteiger partial charge on any atom is -0.494 e. The van der Waals surface area contributed by atoms with Crippen LogP contribution >= 0.6 is 0 Å². The second-order valence-corrected chi connectivity index (χ2v) is 9.93. The van der Waals surface area contributed by atoms with Crippen LogP contribution in [0.4, 0.5) is 5.69 Å². The number of amides is 1. The van der Waals surface area contributed by atoms with E-state index in [2.05, 4.69) is 25.7 Å². The highest BCUT2D eigenvalue weighted by molar-refractivity contribution is 5.94. The van der Waals surface area contributed by atoms with E-state index in [1.165, 1.54) is 71.4 Å². The van der Waals surface area contributed by atoms with Crippen LogP contribution in [0.3, 0.4) is 0 Å². The fourth-order valence-electron chi connectivity index (χ4n) is 4.59. The number of likely N-dealkylation sites (tertiary alicyclic amines) is 1. The van der Waals surface area contributed by atoms with Gasteiger partial charge in [-0.15, -0.1) is 0 Å². The fourth-order valence-corrected chi connectivity index (χ4v) is 4.59. The first-order chi connectivity index (χ1) is 17.0. The number of nitrogens with zero attached hydrogens (tertiary/aromatic N) is 2. The van der Waals surface area contributed by atoms with E-state index < -0.39 is 0 Å². The molecule has 35 heavy (non-hydrogen) atoms. The normalized spacial score (nSPS) is 18.3. The maximum atomic E-state index is 11.9. The molecule has 1 saturated carbocycles. The summed E-state index contributed by atoms with van der Waals surface area (Å²) in [6.45, 7) is 13.3. The van der Waals surface area contributed by atoms with E-state index in [4.69, 9.17) is 9.53 Å². The number of piperidine rings is 2. The van der Waals surface area contributed by atoms with E-state index in [-0.39, 0.29) is 5.91 Å². The quantitative estimate of drug-likeness (QED) is 0.312. The van der Waals surface area contributed by atoms with Crippen LogP contribution in [0.15, 0.2) is 24.3 Å². The molecule has 1 aromatic rings. The smallest absolute Gasteiger partial charge is 0.226 e. The number of carbonyl (C=O) groups is 2. The van der Waals surface area contributed by atoms with Gasteiger partial charge in [0, 0.05) is 25.2 Å². The lowest BCUT2D eigenvalue weighted by Gasteiger charge is -2.27. The molecule has 0 N–H and O–H groups in total. The number of anilines is 1. The first-order valence-corrected chi connectivity index (χ1v) is 14.2. The molecule has 0 atom stereocenters. The van der Waals surface area contributed by atoms with Crippen LogP contribution in [0.1, 0.15) is 105 Å². The van der Waals surface area contributed by atoms with Gasteiger partial charge in [-0.2, -0.15) is 0 Å². The van der Waals surface area contributed by atoms with Gasteiger partial charge in [0.25, 0.3) is 0 Å². The average molecular weight is 489 g/mol. The summed E-state index contributed by atoms with van der Waals surface area (Å²) in [5, 5.41) is 0. The van der Waals surface area contributed by atoms with Crippen molar-refractivity contribution in [1.82, 2.24) is 4.90 Å². The molecule has 0 bridgehead atoms. The van der Waals surface area contributed by atoms with Crippen molar-refractivity contribution in [2.75, 3.05) is 37.7 Å². The summed E-state index contributed by atoms with van der Waals surface area (Å²) in [6, 6.07) is 7.97. The summed E-state index contributed by atoms with van der Waals surface area (Å²) in [4.78, 5) is 25.2. The predicted octanol–water partition coefficient (Wildman–Crippen LogP) is 7.28. The SMILES string of the molecule is CC1CCCC1.CC=O.CCC.O=C1CCCCN1c1ccc(OCCCN2CCCCC2)cc1. The lowest BCUT2D eigenvalue weighted by Crippen LogP contribution is -2.35. The third-order valence-electron chi connectivity index (χ3n) is 6.45. The van der Waals surface area contributed by atoms with Gasteiger partial charge in [-0.1, -0.05) is 59.3 Å². The van der Waals surface area contributed by atoms with Crippen LogP contribution in [0.5, 0.6) is 5.75 Å². The maximum Gasteiger partial charge on any atom is 0.226 e. The summed E-state index contributed by atoms with van der Waals surface area (Å²) in [5.41, 5.74) is 0.996. The Hall–Kier alpha value is -1.88. The molecular weight excluding hydrogens is 436 g/mol. The van der Waals surface area contributed by atoms with Crippen molar-refractivity contribution in [3.05, 3.63) is 24.3 Å². The van der Waals surface area contributed by atoms with Crippen LogP contribution in [0, 0.1) is 5.92 Å².